The van der Waals surface area contributed by atoms with E-state index in [2.05, 4.69) is 20.4 Å². The Morgan fingerprint density at radius 1 is 1.24 bits per heavy atom. The first-order valence-corrected chi connectivity index (χ1v) is 10.7. The molecule has 0 radical (unpaired) electrons. The van der Waals surface area contributed by atoms with Crippen molar-refractivity contribution in [2.75, 3.05) is 56.2 Å². The van der Waals surface area contributed by atoms with Gasteiger partial charge in [-0.2, -0.15) is 18.3 Å². The van der Waals surface area contributed by atoms with Crippen LogP contribution in [0.2, 0.25) is 5.02 Å². The van der Waals surface area contributed by atoms with Crippen molar-refractivity contribution in [2.45, 2.75) is 18.6 Å². The molecule has 3 N–H and O–H groups in total. The van der Waals surface area contributed by atoms with E-state index in [1.54, 1.807) is 10.00 Å². The molecule has 15 heteroatoms. The smallest absolute Gasteiger partial charge is 0.394 e. The van der Waals surface area contributed by atoms with Crippen LogP contribution in [0.25, 0.3) is 0 Å². The Bertz CT molecular complexity index is 1010. The number of aliphatic hydroxyl groups excluding tert-OH is 1. The maximum Gasteiger partial charge on any atom is 0.423 e. The van der Waals surface area contributed by atoms with Crippen LogP contribution in [0.1, 0.15) is 12.0 Å². The van der Waals surface area contributed by atoms with Gasteiger partial charge in [-0.1, -0.05) is 11.6 Å². The first-order valence-electron chi connectivity index (χ1n) is 10.3. The van der Waals surface area contributed by atoms with Crippen LogP contribution in [0.3, 0.4) is 0 Å². The van der Waals surface area contributed by atoms with E-state index in [0.29, 0.717) is 37.1 Å². The molecule has 3 rings (SSSR count). The minimum Gasteiger partial charge on any atom is -0.394 e. The summed E-state index contributed by atoms with van der Waals surface area (Å²) in [6.07, 6.45) is -1.02. The number of halogens is 4. The molecule has 0 saturated carbocycles. The Morgan fingerprint density at radius 3 is 2.53 bits per heavy atom. The predicted molar refractivity (Wildman–Crippen MR) is 116 cm³/mol. The number of piperazine rings is 1. The molecule has 34 heavy (non-hydrogen) atoms. The number of nitrogens with one attached hydrogen (secondary N) is 2. The predicted octanol–water partition coefficient (Wildman–Crippen LogP) is 0.760. The summed E-state index contributed by atoms with van der Waals surface area (Å²) in [5, 5.41) is 17.4. The van der Waals surface area contributed by atoms with Crippen LogP contribution in [0.15, 0.2) is 23.4 Å². The summed E-state index contributed by atoms with van der Waals surface area (Å²) in [4.78, 5) is 35.9. The fraction of sp³-hybridized carbons (Fsp3) is 0.526. The number of alkyl halides is 3. The number of H-pyrrole nitrogens is 1. The van der Waals surface area contributed by atoms with E-state index in [-0.39, 0.29) is 25.5 Å². The Hall–Kier alpha value is -2.97. The fourth-order valence-electron chi connectivity index (χ4n) is 3.32. The van der Waals surface area contributed by atoms with Gasteiger partial charge in [-0.15, -0.1) is 0 Å². The van der Waals surface area contributed by atoms with E-state index in [4.69, 9.17) is 16.3 Å². The third-order valence-corrected chi connectivity index (χ3v) is 5.22. The van der Waals surface area contributed by atoms with Gasteiger partial charge < -0.3 is 25.0 Å². The molecule has 1 aliphatic heterocycles. The second kappa shape index (κ2) is 11.4. The Balaban J connectivity index is 1.42. The molecule has 186 valence electrons. The van der Waals surface area contributed by atoms with Crippen LogP contribution in [-0.4, -0.2) is 88.1 Å². The lowest BCUT2D eigenvalue weighted by Crippen LogP contribution is -2.49. The Kier molecular flexibility index (Phi) is 8.63. The number of aromatic amines is 1. The molecule has 1 aliphatic rings. The summed E-state index contributed by atoms with van der Waals surface area (Å²) >= 11 is 5.79. The average molecular weight is 506 g/mol. The van der Waals surface area contributed by atoms with Gasteiger partial charge in [-0.3, -0.25) is 9.59 Å². The second-order valence-corrected chi connectivity index (χ2v) is 7.84. The van der Waals surface area contributed by atoms with Crippen molar-refractivity contribution in [2.24, 2.45) is 0 Å². The van der Waals surface area contributed by atoms with Gasteiger partial charge in [0.1, 0.15) is 5.56 Å². The Morgan fingerprint density at radius 2 is 1.91 bits per heavy atom. The number of rotatable bonds is 9. The minimum atomic E-state index is -4.91. The van der Waals surface area contributed by atoms with Gasteiger partial charge in [0.2, 0.25) is 11.9 Å². The lowest BCUT2D eigenvalue weighted by Gasteiger charge is -2.34. The number of aliphatic hydroxyl groups is 1. The quantitative estimate of drug-likeness (QED) is 0.422. The number of aromatic nitrogens is 4. The van der Waals surface area contributed by atoms with Crippen molar-refractivity contribution in [3.63, 3.8) is 0 Å². The van der Waals surface area contributed by atoms with Crippen molar-refractivity contribution in [3.8, 4) is 0 Å². The molecule has 2 aromatic heterocycles. The fourth-order valence-corrected chi connectivity index (χ4v) is 3.41. The third kappa shape index (κ3) is 6.77. The summed E-state index contributed by atoms with van der Waals surface area (Å²) < 4.78 is 44.8. The molecule has 0 spiro atoms. The molecular formula is C19H23ClF3N7O4. The third-order valence-electron chi connectivity index (χ3n) is 5.02. The van der Waals surface area contributed by atoms with Crippen molar-refractivity contribution >= 4 is 29.1 Å². The van der Waals surface area contributed by atoms with Crippen LogP contribution in [0.4, 0.5) is 24.8 Å². The minimum absolute atomic E-state index is 0.0112. The first-order chi connectivity index (χ1) is 16.2. The summed E-state index contributed by atoms with van der Waals surface area (Å²) in [7, 11) is 0. The van der Waals surface area contributed by atoms with Gasteiger partial charge in [0.25, 0.3) is 5.56 Å². The van der Waals surface area contributed by atoms with E-state index in [1.807, 2.05) is 4.90 Å². The van der Waals surface area contributed by atoms with Crippen molar-refractivity contribution < 1.29 is 27.8 Å². The SMILES string of the molecule is O=C(CCOC[C@H](CO)Nc1cn[nH]c(=O)c1C(F)(F)F)N1CCN(c2ncc(Cl)cn2)CC1. The number of carbonyl (C=O) groups is 1. The highest BCUT2D eigenvalue weighted by Crippen LogP contribution is 2.31. The molecule has 3 heterocycles. The number of amides is 1. The van der Waals surface area contributed by atoms with Crippen molar-refractivity contribution in [3.05, 3.63) is 39.5 Å². The highest BCUT2D eigenvalue weighted by atomic mass is 35.5. The average Bonchev–Trinajstić information content (AvgIpc) is 2.80. The van der Waals surface area contributed by atoms with Gasteiger partial charge in [0.05, 0.1) is 61.6 Å². The van der Waals surface area contributed by atoms with Gasteiger partial charge in [-0.05, 0) is 0 Å². The van der Waals surface area contributed by atoms with Gasteiger partial charge in [-0.25, -0.2) is 15.1 Å². The van der Waals surface area contributed by atoms with Crippen molar-refractivity contribution in [1.29, 1.82) is 0 Å². The molecule has 0 aliphatic carbocycles. The molecule has 0 bridgehead atoms. The van der Waals surface area contributed by atoms with E-state index < -0.39 is 35.6 Å². The van der Waals surface area contributed by atoms with Crippen molar-refractivity contribution in [1.82, 2.24) is 25.1 Å². The zero-order chi connectivity index (χ0) is 24.7. The van der Waals surface area contributed by atoms with E-state index in [0.717, 1.165) is 6.20 Å². The highest BCUT2D eigenvalue weighted by molar-refractivity contribution is 6.30. The van der Waals surface area contributed by atoms with E-state index in [9.17, 15) is 27.9 Å². The molecule has 1 fully saturated rings. The van der Waals surface area contributed by atoms with Crippen LogP contribution in [-0.2, 0) is 15.7 Å². The number of hydrogen-bond acceptors (Lipinski definition) is 9. The largest absolute Gasteiger partial charge is 0.423 e. The summed E-state index contributed by atoms with van der Waals surface area (Å²) in [5.74, 6) is 0.398. The van der Waals surface area contributed by atoms with E-state index >= 15 is 0 Å². The molecular weight excluding hydrogens is 483 g/mol. The molecule has 1 amide bonds. The summed E-state index contributed by atoms with van der Waals surface area (Å²) in [6.45, 7) is 1.31. The Labute approximate surface area is 196 Å². The van der Waals surface area contributed by atoms with Crippen LogP contribution >= 0.6 is 11.6 Å². The molecule has 1 saturated heterocycles. The molecule has 2 aromatic rings. The normalized spacial score (nSPS) is 15.3. The van der Waals surface area contributed by atoms with E-state index in [1.165, 1.54) is 12.4 Å². The number of carbonyl (C=O) groups excluding carboxylic acids is 1. The molecule has 0 unspecified atom stereocenters. The van der Waals surface area contributed by atoms with Gasteiger partial charge in [0.15, 0.2) is 0 Å². The van der Waals surface area contributed by atoms with Gasteiger partial charge >= 0.3 is 6.18 Å². The van der Waals surface area contributed by atoms with Crippen LogP contribution < -0.4 is 15.8 Å². The first kappa shape index (κ1) is 25.6. The maximum atomic E-state index is 13.1. The highest BCUT2D eigenvalue weighted by Gasteiger charge is 2.37. The maximum absolute atomic E-state index is 13.1. The number of ether oxygens (including phenoxy) is 1. The molecule has 1 atom stereocenters. The second-order valence-electron chi connectivity index (χ2n) is 7.40. The summed E-state index contributed by atoms with van der Waals surface area (Å²) in [5.41, 5.74) is -3.42. The number of hydrogen-bond donors (Lipinski definition) is 3. The topological polar surface area (TPSA) is 137 Å². The van der Waals surface area contributed by atoms with Crippen LogP contribution in [0.5, 0.6) is 0 Å². The van der Waals surface area contributed by atoms with Gasteiger partial charge in [0, 0.05) is 26.2 Å². The lowest BCUT2D eigenvalue weighted by atomic mass is 10.2. The zero-order valence-electron chi connectivity index (χ0n) is 17.9. The standard InChI is InChI=1S/C19H23ClF3N7O4/c20-12-7-24-18(25-8-12)30-4-2-29(3-5-30)15(32)1-6-34-11-13(10-31)27-14-9-26-28-17(33)16(14)19(21,22)23/h7-9,13,31H,1-6,10-11H2,(H2,27,28,33)/t13-/m0/s1. The summed E-state index contributed by atoms with van der Waals surface area (Å²) in [6, 6.07) is -0.942. The molecule has 11 nitrogen and oxygen atoms in total. The monoisotopic (exact) mass is 505 g/mol. The van der Waals surface area contributed by atoms with Crippen LogP contribution in [0, 0.1) is 0 Å². The molecule has 0 aromatic carbocycles. The lowest BCUT2D eigenvalue weighted by molar-refractivity contribution is -0.138. The zero-order valence-corrected chi connectivity index (χ0v) is 18.6. The number of anilines is 2. The number of nitrogens with zero attached hydrogens (tertiary/aromatic N) is 5.